The van der Waals surface area contributed by atoms with Crippen LogP contribution in [0.3, 0.4) is 0 Å². The standard InChI is InChI=1S/C13H10BrClN2O2/c14-10-5-7(15)1-3-9(10)13(19)17-12-4-2-8(18)6-11(12)16/h1-6,18H,16H2,(H,17,19). The van der Waals surface area contributed by atoms with Crippen molar-refractivity contribution in [2.24, 2.45) is 0 Å². The summed E-state index contributed by atoms with van der Waals surface area (Å²) in [7, 11) is 0. The van der Waals surface area contributed by atoms with E-state index in [2.05, 4.69) is 21.2 Å². The molecular weight excluding hydrogens is 332 g/mol. The summed E-state index contributed by atoms with van der Waals surface area (Å²) >= 11 is 9.09. The molecule has 0 fully saturated rings. The summed E-state index contributed by atoms with van der Waals surface area (Å²) in [5.74, 6) is -0.274. The number of phenols is 1. The number of anilines is 2. The normalized spacial score (nSPS) is 10.2. The molecule has 0 radical (unpaired) electrons. The van der Waals surface area contributed by atoms with Crippen LogP contribution in [0.25, 0.3) is 0 Å². The molecule has 0 aliphatic heterocycles. The van der Waals surface area contributed by atoms with Crippen molar-refractivity contribution < 1.29 is 9.90 Å². The Labute approximate surface area is 123 Å². The van der Waals surface area contributed by atoms with Gasteiger partial charge < -0.3 is 16.2 Å². The van der Waals surface area contributed by atoms with E-state index in [-0.39, 0.29) is 11.7 Å². The second-order valence-corrected chi connectivity index (χ2v) is 5.14. The number of phenolic OH excluding ortho intramolecular Hbond substituents is 1. The number of amides is 1. The molecule has 0 spiro atoms. The van der Waals surface area contributed by atoms with Crippen molar-refractivity contribution in [2.75, 3.05) is 11.1 Å². The molecule has 0 bridgehead atoms. The molecule has 2 rings (SSSR count). The van der Waals surface area contributed by atoms with Crippen molar-refractivity contribution in [1.82, 2.24) is 0 Å². The maximum Gasteiger partial charge on any atom is 0.256 e. The van der Waals surface area contributed by atoms with Crippen LogP contribution in [-0.2, 0) is 0 Å². The van der Waals surface area contributed by atoms with Crippen molar-refractivity contribution in [3.63, 3.8) is 0 Å². The van der Waals surface area contributed by atoms with Crippen molar-refractivity contribution in [3.8, 4) is 5.75 Å². The van der Waals surface area contributed by atoms with Gasteiger partial charge in [0.15, 0.2) is 0 Å². The van der Waals surface area contributed by atoms with E-state index < -0.39 is 0 Å². The van der Waals surface area contributed by atoms with Gasteiger partial charge in [-0.15, -0.1) is 0 Å². The molecule has 0 aromatic heterocycles. The molecule has 0 aliphatic rings. The predicted molar refractivity (Wildman–Crippen MR) is 79.6 cm³/mol. The lowest BCUT2D eigenvalue weighted by molar-refractivity contribution is 0.102. The number of carbonyl (C=O) groups excluding carboxylic acids is 1. The Morgan fingerprint density at radius 2 is 2.00 bits per heavy atom. The molecule has 0 unspecified atom stereocenters. The van der Waals surface area contributed by atoms with Crippen LogP contribution in [0.15, 0.2) is 40.9 Å². The van der Waals surface area contributed by atoms with Crippen LogP contribution in [0, 0.1) is 0 Å². The van der Waals surface area contributed by atoms with Gasteiger partial charge in [-0.3, -0.25) is 4.79 Å². The molecule has 19 heavy (non-hydrogen) atoms. The summed E-state index contributed by atoms with van der Waals surface area (Å²) in [4.78, 5) is 12.1. The summed E-state index contributed by atoms with van der Waals surface area (Å²) in [5, 5.41) is 12.4. The van der Waals surface area contributed by atoms with Gasteiger partial charge in [0.1, 0.15) is 5.75 Å². The van der Waals surface area contributed by atoms with Gasteiger partial charge in [-0.1, -0.05) is 11.6 Å². The molecular formula is C13H10BrClN2O2. The third kappa shape index (κ3) is 3.19. The number of nitrogens with one attached hydrogen (secondary N) is 1. The quantitative estimate of drug-likeness (QED) is 0.576. The van der Waals surface area contributed by atoms with Gasteiger partial charge in [-0.25, -0.2) is 0 Å². The van der Waals surface area contributed by atoms with Crippen LogP contribution in [0.1, 0.15) is 10.4 Å². The van der Waals surface area contributed by atoms with Gasteiger partial charge in [-0.2, -0.15) is 0 Å². The summed E-state index contributed by atoms with van der Waals surface area (Å²) in [5.41, 5.74) is 6.87. The fourth-order valence-electron chi connectivity index (χ4n) is 1.53. The first-order chi connectivity index (χ1) is 8.97. The number of nitrogen functional groups attached to an aromatic ring is 1. The summed E-state index contributed by atoms with van der Waals surface area (Å²) < 4.78 is 0.592. The highest BCUT2D eigenvalue weighted by atomic mass is 79.9. The Kier molecular flexibility index (Phi) is 3.97. The van der Waals surface area contributed by atoms with E-state index in [4.69, 9.17) is 17.3 Å². The van der Waals surface area contributed by atoms with E-state index in [0.29, 0.717) is 26.4 Å². The molecule has 0 saturated carbocycles. The van der Waals surface area contributed by atoms with E-state index >= 15 is 0 Å². The SMILES string of the molecule is Nc1cc(O)ccc1NC(=O)c1ccc(Cl)cc1Br. The number of carbonyl (C=O) groups is 1. The van der Waals surface area contributed by atoms with Gasteiger partial charge in [0.05, 0.1) is 16.9 Å². The second-order valence-electron chi connectivity index (χ2n) is 3.85. The molecule has 2 aromatic carbocycles. The second kappa shape index (κ2) is 5.50. The van der Waals surface area contributed by atoms with E-state index in [1.54, 1.807) is 18.2 Å². The molecule has 0 heterocycles. The van der Waals surface area contributed by atoms with Crippen LogP contribution in [0.2, 0.25) is 5.02 Å². The Hall–Kier alpha value is -1.72. The lowest BCUT2D eigenvalue weighted by atomic mass is 10.2. The molecule has 4 nitrogen and oxygen atoms in total. The largest absolute Gasteiger partial charge is 0.508 e. The van der Waals surface area contributed by atoms with Crippen molar-refractivity contribution in [1.29, 1.82) is 0 Å². The monoisotopic (exact) mass is 340 g/mol. The third-order valence-electron chi connectivity index (χ3n) is 2.46. The van der Waals surface area contributed by atoms with Gasteiger partial charge >= 0.3 is 0 Å². The average Bonchev–Trinajstić information content (AvgIpc) is 2.32. The predicted octanol–water partition coefficient (Wildman–Crippen LogP) is 3.64. The number of rotatable bonds is 2. The summed E-state index contributed by atoms with van der Waals surface area (Å²) in [6.45, 7) is 0. The highest BCUT2D eigenvalue weighted by molar-refractivity contribution is 9.10. The zero-order chi connectivity index (χ0) is 14.0. The number of aromatic hydroxyl groups is 1. The summed E-state index contributed by atoms with van der Waals surface area (Å²) in [6.07, 6.45) is 0. The highest BCUT2D eigenvalue weighted by Crippen LogP contribution is 2.26. The van der Waals surface area contributed by atoms with E-state index in [0.717, 1.165) is 0 Å². The molecule has 0 atom stereocenters. The van der Waals surface area contributed by atoms with Crippen LogP contribution in [0.5, 0.6) is 5.75 Å². The Balaban J connectivity index is 2.25. The fraction of sp³-hybridized carbons (Fsp3) is 0. The van der Waals surface area contributed by atoms with Crippen LogP contribution < -0.4 is 11.1 Å². The first-order valence-electron chi connectivity index (χ1n) is 5.32. The first kappa shape index (κ1) is 13.7. The van der Waals surface area contributed by atoms with E-state index in [9.17, 15) is 9.90 Å². The number of benzene rings is 2. The number of nitrogens with two attached hydrogens (primary N) is 1. The molecule has 6 heteroatoms. The molecule has 4 N–H and O–H groups in total. The minimum atomic E-state index is -0.319. The van der Waals surface area contributed by atoms with Crippen LogP contribution >= 0.6 is 27.5 Å². The van der Waals surface area contributed by atoms with Gasteiger partial charge in [-0.05, 0) is 46.3 Å². The smallest absolute Gasteiger partial charge is 0.256 e. The van der Waals surface area contributed by atoms with Gasteiger partial charge in [0, 0.05) is 15.6 Å². The number of hydrogen-bond acceptors (Lipinski definition) is 3. The fourth-order valence-corrected chi connectivity index (χ4v) is 2.39. The summed E-state index contributed by atoms with van der Waals surface area (Å²) in [6, 6.07) is 9.22. The van der Waals surface area contributed by atoms with Gasteiger partial charge in [0.2, 0.25) is 0 Å². The average molecular weight is 342 g/mol. The lowest BCUT2D eigenvalue weighted by Gasteiger charge is -2.09. The molecule has 2 aromatic rings. The minimum absolute atomic E-state index is 0.0446. The highest BCUT2D eigenvalue weighted by Gasteiger charge is 2.12. The van der Waals surface area contributed by atoms with Crippen molar-refractivity contribution >= 4 is 44.8 Å². The first-order valence-corrected chi connectivity index (χ1v) is 6.49. The molecule has 0 aliphatic carbocycles. The van der Waals surface area contributed by atoms with Crippen molar-refractivity contribution in [2.45, 2.75) is 0 Å². The maximum absolute atomic E-state index is 12.1. The van der Waals surface area contributed by atoms with E-state index in [1.165, 1.54) is 18.2 Å². The zero-order valence-corrected chi connectivity index (χ0v) is 12.0. The maximum atomic E-state index is 12.1. The number of hydrogen-bond donors (Lipinski definition) is 3. The van der Waals surface area contributed by atoms with Crippen LogP contribution in [-0.4, -0.2) is 11.0 Å². The van der Waals surface area contributed by atoms with E-state index in [1.807, 2.05) is 0 Å². The minimum Gasteiger partial charge on any atom is -0.508 e. The van der Waals surface area contributed by atoms with Crippen LogP contribution in [0.4, 0.5) is 11.4 Å². The Morgan fingerprint density at radius 3 is 2.63 bits per heavy atom. The number of halogens is 2. The molecule has 98 valence electrons. The lowest BCUT2D eigenvalue weighted by Crippen LogP contribution is -2.13. The Morgan fingerprint density at radius 1 is 1.26 bits per heavy atom. The van der Waals surface area contributed by atoms with Crippen molar-refractivity contribution in [3.05, 3.63) is 51.5 Å². The Bertz CT molecular complexity index is 647. The van der Waals surface area contributed by atoms with Gasteiger partial charge in [0.25, 0.3) is 5.91 Å². The zero-order valence-electron chi connectivity index (χ0n) is 9.65. The third-order valence-corrected chi connectivity index (χ3v) is 3.35. The topological polar surface area (TPSA) is 75.3 Å². The molecule has 0 saturated heterocycles. The molecule has 1 amide bonds.